The zero-order valence-electron chi connectivity index (χ0n) is 19.2. The number of nitrogens with zero attached hydrogens (tertiary/aromatic N) is 7. The van der Waals surface area contributed by atoms with Crippen molar-refractivity contribution in [3.8, 4) is 23.0 Å². The number of alkyl halides is 3. The van der Waals surface area contributed by atoms with Gasteiger partial charge in [0.1, 0.15) is 22.9 Å². The lowest BCUT2D eigenvalue weighted by molar-refractivity contribution is -0.216. The largest absolute Gasteiger partial charge is 0.432 e. The van der Waals surface area contributed by atoms with Crippen LogP contribution in [-0.4, -0.2) is 40.7 Å². The standard InChI is InChI=1S/C23H23F3N8O/c1-13-12-27-16(30-17-6-9-28-33(17)2)11-14(13)20-29-15-5-3-10-34-19(18(15)35-20)31-32-21(34)22(7-4-8-22)23(24,25)26/h6,9,11-12H,3-5,7-8,10H2,1-2H3,(H,27,30). The molecule has 0 saturated heterocycles. The molecule has 0 bridgehead atoms. The van der Waals surface area contributed by atoms with E-state index in [0.29, 0.717) is 54.8 Å². The Morgan fingerprint density at radius 2 is 2.00 bits per heavy atom. The van der Waals surface area contributed by atoms with Crippen molar-refractivity contribution in [2.24, 2.45) is 7.05 Å². The first-order valence-corrected chi connectivity index (χ1v) is 11.5. The van der Waals surface area contributed by atoms with Gasteiger partial charge in [0.25, 0.3) is 0 Å². The first kappa shape index (κ1) is 21.8. The van der Waals surface area contributed by atoms with Gasteiger partial charge in [-0.25, -0.2) is 9.97 Å². The second kappa shape index (κ2) is 7.65. The molecule has 1 aliphatic heterocycles. The van der Waals surface area contributed by atoms with E-state index < -0.39 is 11.6 Å². The summed E-state index contributed by atoms with van der Waals surface area (Å²) in [6.45, 7) is 2.29. The zero-order valence-corrected chi connectivity index (χ0v) is 19.2. The summed E-state index contributed by atoms with van der Waals surface area (Å²) < 4.78 is 51.5. The van der Waals surface area contributed by atoms with Gasteiger partial charge in [-0.2, -0.15) is 18.3 Å². The fraction of sp³-hybridized carbons (Fsp3) is 0.435. The van der Waals surface area contributed by atoms with Crippen molar-refractivity contribution in [3.05, 3.63) is 41.6 Å². The SMILES string of the molecule is Cc1cnc(Nc2ccnn2C)cc1-c1nc2c(o1)-c1nnc(C3(C(F)(F)F)CCC3)n1CCC2. The fourth-order valence-corrected chi connectivity index (χ4v) is 4.87. The van der Waals surface area contributed by atoms with Crippen LogP contribution in [0.15, 0.2) is 28.9 Å². The van der Waals surface area contributed by atoms with Crippen molar-refractivity contribution < 1.29 is 17.6 Å². The number of hydrogen-bond acceptors (Lipinski definition) is 7. The van der Waals surface area contributed by atoms with Crippen LogP contribution < -0.4 is 5.32 Å². The number of oxazole rings is 1. The lowest BCUT2D eigenvalue weighted by Crippen LogP contribution is -2.49. The van der Waals surface area contributed by atoms with Crippen molar-refractivity contribution >= 4 is 11.6 Å². The molecule has 4 aromatic rings. The number of rotatable bonds is 4. The second-order valence-electron chi connectivity index (χ2n) is 9.18. The van der Waals surface area contributed by atoms with Gasteiger partial charge in [0.2, 0.25) is 11.7 Å². The highest BCUT2D eigenvalue weighted by molar-refractivity contribution is 5.67. The van der Waals surface area contributed by atoms with Crippen LogP contribution in [0.1, 0.15) is 42.8 Å². The van der Waals surface area contributed by atoms with E-state index in [9.17, 15) is 13.2 Å². The molecule has 12 heteroatoms. The molecule has 0 unspecified atom stereocenters. The monoisotopic (exact) mass is 484 g/mol. The van der Waals surface area contributed by atoms with Gasteiger partial charge in [-0.3, -0.25) is 4.68 Å². The quantitative estimate of drug-likeness (QED) is 0.448. The summed E-state index contributed by atoms with van der Waals surface area (Å²) in [6.07, 6.45) is 0.807. The molecule has 35 heavy (non-hydrogen) atoms. The van der Waals surface area contributed by atoms with Crippen LogP contribution in [0.4, 0.5) is 24.8 Å². The Hall–Kier alpha value is -3.70. The number of halogens is 3. The molecule has 1 N–H and O–H groups in total. The summed E-state index contributed by atoms with van der Waals surface area (Å²) in [7, 11) is 1.82. The third-order valence-corrected chi connectivity index (χ3v) is 7.03. The Morgan fingerprint density at radius 1 is 1.17 bits per heavy atom. The van der Waals surface area contributed by atoms with Gasteiger partial charge in [-0.1, -0.05) is 6.42 Å². The molecule has 0 atom stereocenters. The Balaban J connectivity index is 1.40. The minimum absolute atomic E-state index is 0.0141. The first-order chi connectivity index (χ1) is 16.8. The molecule has 0 aromatic carbocycles. The summed E-state index contributed by atoms with van der Waals surface area (Å²) in [6, 6.07) is 3.66. The van der Waals surface area contributed by atoms with Crippen molar-refractivity contribution in [3.63, 3.8) is 0 Å². The predicted octanol–water partition coefficient (Wildman–Crippen LogP) is 4.71. The molecule has 9 nitrogen and oxygen atoms in total. The molecule has 0 radical (unpaired) electrons. The van der Waals surface area contributed by atoms with Gasteiger partial charge in [0.15, 0.2) is 5.76 Å². The summed E-state index contributed by atoms with van der Waals surface area (Å²) in [5, 5.41) is 15.6. The Morgan fingerprint density at radius 3 is 2.69 bits per heavy atom. The fourth-order valence-electron chi connectivity index (χ4n) is 4.87. The van der Waals surface area contributed by atoms with Gasteiger partial charge in [-0.15, -0.1) is 10.2 Å². The van der Waals surface area contributed by atoms with E-state index in [-0.39, 0.29) is 18.7 Å². The molecule has 1 fully saturated rings. The van der Waals surface area contributed by atoms with Crippen LogP contribution in [0.2, 0.25) is 0 Å². The van der Waals surface area contributed by atoms with E-state index in [1.807, 2.05) is 26.1 Å². The Kier molecular flexibility index (Phi) is 4.77. The number of aryl methyl sites for hydroxylation is 3. The highest BCUT2D eigenvalue weighted by atomic mass is 19.4. The number of nitrogens with one attached hydrogen (secondary N) is 1. The van der Waals surface area contributed by atoms with E-state index in [4.69, 9.17) is 9.40 Å². The van der Waals surface area contributed by atoms with E-state index in [0.717, 1.165) is 16.9 Å². The van der Waals surface area contributed by atoms with Gasteiger partial charge in [-0.05, 0) is 44.2 Å². The second-order valence-corrected chi connectivity index (χ2v) is 9.18. The Bertz CT molecular complexity index is 1410. The Labute approximate surface area is 198 Å². The maximum absolute atomic E-state index is 14.0. The highest BCUT2D eigenvalue weighted by Crippen LogP contribution is 2.54. The number of hydrogen-bond donors (Lipinski definition) is 1. The van der Waals surface area contributed by atoms with Crippen molar-refractivity contribution in [1.29, 1.82) is 0 Å². The van der Waals surface area contributed by atoms with E-state index in [1.54, 1.807) is 21.6 Å². The summed E-state index contributed by atoms with van der Waals surface area (Å²) >= 11 is 0. The lowest BCUT2D eigenvalue weighted by Gasteiger charge is -2.42. The summed E-state index contributed by atoms with van der Waals surface area (Å²) in [5.41, 5.74) is 0.323. The highest BCUT2D eigenvalue weighted by Gasteiger charge is 2.62. The van der Waals surface area contributed by atoms with E-state index in [1.165, 1.54) is 0 Å². The molecule has 6 rings (SSSR count). The van der Waals surface area contributed by atoms with Crippen LogP contribution >= 0.6 is 0 Å². The van der Waals surface area contributed by atoms with E-state index >= 15 is 0 Å². The minimum Gasteiger partial charge on any atom is -0.432 e. The third-order valence-electron chi connectivity index (χ3n) is 7.03. The smallest absolute Gasteiger partial charge is 0.401 e. The zero-order chi connectivity index (χ0) is 24.4. The first-order valence-electron chi connectivity index (χ1n) is 11.5. The van der Waals surface area contributed by atoms with Gasteiger partial charge in [0.05, 0.1) is 11.9 Å². The third kappa shape index (κ3) is 3.34. The molecule has 1 saturated carbocycles. The number of aromatic nitrogens is 7. The maximum atomic E-state index is 14.0. The number of anilines is 2. The molecule has 0 spiro atoms. The minimum atomic E-state index is -4.37. The number of fused-ring (bicyclic) bond motifs is 3. The predicted molar refractivity (Wildman–Crippen MR) is 120 cm³/mol. The molecular weight excluding hydrogens is 461 g/mol. The molecular formula is C23H23F3N8O. The molecule has 1 aliphatic carbocycles. The molecule has 182 valence electrons. The topological polar surface area (TPSA) is 99.5 Å². The average Bonchev–Trinajstić information content (AvgIpc) is 3.45. The van der Waals surface area contributed by atoms with Gasteiger partial charge < -0.3 is 14.3 Å². The van der Waals surface area contributed by atoms with Crippen LogP contribution in [0.3, 0.4) is 0 Å². The maximum Gasteiger partial charge on any atom is 0.401 e. The summed E-state index contributed by atoms with van der Waals surface area (Å²) in [4.78, 5) is 9.14. The molecule has 2 aliphatic rings. The van der Waals surface area contributed by atoms with Crippen LogP contribution in [-0.2, 0) is 25.4 Å². The van der Waals surface area contributed by atoms with Crippen molar-refractivity contribution in [2.75, 3.05) is 5.32 Å². The summed E-state index contributed by atoms with van der Waals surface area (Å²) in [5.74, 6) is 2.40. The van der Waals surface area contributed by atoms with Crippen molar-refractivity contribution in [2.45, 2.75) is 57.2 Å². The normalized spacial score (nSPS) is 16.8. The molecule has 0 amide bonds. The molecule has 4 aromatic heterocycles. The van der Waals surface area contributed by atoms with Crippen LogP contribution in [0.25, 0.3) is 23.0 Å². The molecule has 5 heterocycles. The average molecular weight is 484 g/mol. The number of pyridine rings is 1. The van der Waals surface area contributed by atoms with Crippen LogP contribution in [0, 0.1) is 6.92 Å². The van der Waals surface area contributed by atoms with Gasteiger partial charge in [0, 0.05) is 31.4 Å². The van der Waals surface area contributed by atoms with Crippen molar-refractivity contribution in [1.82, 2.24) is 34.5 Å². The van der Waals surface area contributed by atoms with Gasteiger partial charge >= 0.3 is 6.18 Å². The van der Waals surface area contributed by atoms with E-state index in [2.05, 4.69) is 25.6 Å². The van der Waals surface area contributed by atoms with Crippen LogP contribution in [0.5, 0.6) is 0 Å². The lowest BCUT2D eigenvalue weighted by atomic mass is 9.67.